The highest BCUT2D eigenvalue weighted by Crippen LogP contribution is 2.36. The molecule has 0 aliphatic heterocycles. The number of rotatable bonds is 11. The number of carbonyl (C=O) groups is 3. The molecular weight excluding hydrogens is 500 g/mol. The molecule has 0 spiro atoms. The number of amides is 3. The summed E-state index contributed by atoms with van der Waals surface area (Å²) in [6, 6.07) is 6.32. The van der Waals surface area contributed by atoms with Gasteiger partial charge >= 0.3 is 0 Å². The van der Waals surface area contributed by atoms with Gasteiger partial charge in [0.2, 0.25) is 5.91 Å². The molecule has 0 radical (unpaired) electrons. The Kier molecular flexibility index (Phi) is 9.66. The van der Waals surface area contributed by atoms with E-state index in [1.807, 2.05) is 31.4 Å². The van der Waals surface area contributed by atoms with Crippen molar-refractivity contribution < 1.29 is 23.9 Å². The summed E-state index contributed by atoms with van der Waals surface area (Å²) in [5.74, 6) is -0.730. The van der Waals surface area contributed by atoms with E-state index in [9.17, 15) is 14.4 Å². The van der Waals surface area contributed by atoms with E-state index in [4.69, 9.17) is 15.2 Å². The summed E-state index contributed by atoms with van der Waals surface area (Å²) in [4.78, 5) is 36.7. The first-order chi connectivity index (χ1) is 15.2. The second-order valence-electron chi connectivity index (χ2n) is 7.07. The van der Waals surface area contributed by atoms with Crippen LogP contribution in [0.4, 0.5) is 0 Å². The van der Waals surface area contributed by atoms with E-state index < -0.39 is 17.9 Å². The normalized spacial score (nSPS) is 11.9. The number of halogens is 1. The van der Waals surface area contributed by atoms with Gasteiger partial charge in [0.1, 0.15) is 6.04 Å². The van der Waals surface area contributed by atoms with Crippen LogP contribution < -0.4 is 25.9 Å². The summed E-state index contributed by atoms with van der Waals surface area (Å²) >= 11 is 4.84. The molecule has 0 saturated carbocycles. The lowest BCUT2D eigenvalue weighted by atomic mass is 10.0. The molecule has 2 aromatic rings. The molecule has 11 heteroatoms. The summed E-state index contributed by atoms with van der Waals surface area (Å²) in [5, 5.41) is 8.64. The molecule has 1 atom stereocenters. The number of nitrogens with zero attached hydrogens (tertiary/aromatic N) is 1. The number of thiophene rings is 1. The minimum Gasteiger partial charge on any atom is -0.493 e. The monoisotopic (exact) mass is 524 g/mol. The highest BCUT2D eigenvalue weighted by atomic mass is 79.9. The molecule has 0 aliphatic rings. The fourth-order valence-electron chi connectivity index (χ4n) is 2.67. The number of primary amides is 1. The smallest absolute Gasteiger partial charge is 0.262 e. The molecule has 0 saturated heterocycles. The van der Waals surface area contributed by atoms with E-state index in [0.29, 0.717) is 21.5 Å². The Morgan fingerprint density at radius 3 is 2.66 bits per heavy atom. The van der Waals surface area contributed by atoms with Crippen molar-refractivity contribution in [3.8, 4) is 11.5 Å². The van der Waals surface area contributed by atoms with Gasteiger partial charge in [0.05, 0.1) is 24.2 Å². The molecule has 32 heavy (non-hydrogen) atoms. The molecule has 0 unspecified atom stereocenters. The molecule has 9 nitrogen and oxygen atoms in total. The van der Waals surface area contributed by atoms with Crippen LogP contribution in [0.25, 0.3) is 0 Å². The highest BCUT2D eigenvalue weighted by Gasteiger charge is 2.24. The first kappa shape index (κ1) is 25.3. The third-order valence-corrected chi connectivity index (χ3v) is 5.64. The zero-order chi connectivity index (χ0) is 23.7. The molecule has 0 aliphatic carbocycles. The maximum absolute atomic E-state index is 12.6. The van der Waals surface area contributed by atoms with Crippen molar-refractivity contribution in [2.75, 3.05) is 13.7 Å². The number of benzene rings is 1. The summed E-state index contributed by atoms with van der Waals surface area (Å²) in [7, 11) is 1.45. The molecule has 1 heterocycles. The molecule has 2 rings (SSSR count). The SMILES string of the molecule is COc1cc(/C=N/NC(=O)[C@H](NC(=O)Cc2cccs2)C(C)C)cc(Br)c1OCC(N)=O. The second kappa shape index (κ2) is 12.2. The second-order valence-corrected chi connectivity index (χ2v) is 8.96. The first-order valence-electron chi connectivity index (χ1n) is 9.64. The minimum absolute atomic E-state index is 0.131. The van der Waals surface area contributed by atoms with E-state index in [-0.39, 0.29) is 24.9 Å². The lowest BCUT2D eigenvalue weighted by molar-refractivity contribution is -0.129. The Morgan fingerprint density at radius 1 is 1.31 bits per heavy atom. The Bertz CT molecular complexity index is 979. The van der Waals surface area contributed by atoms with Gasteiger partial charge in [0.15, 0.2) is 18.1 Å². The molecule has 1 aromatic carbocycles. The fourth-order valence-corrected chi connectivity index (χ4v) is 3.95. The van der Waals surface area contributed by atoms with Gasteiger partial charge in [-0.15, -0.1) is 11.3 Å². The molecule has 3 amide bonds. The first-order valence-corrected chi connectivity index (χ1v) is 11.3. The molecule has 0 bridgehead atoms. The number of methoxy groups -OCH3 is 1. The van der Waals surface area contributed by atoms with Gasteiger partial charge in [-0.05, 0) is 51.0 Å². The van der Waals surface area contributed by atoms with Crippen molar-refractivity contribution in [3.05, 3.63) is 44.6 Å². The molecular formula is C21H25BrN4O5S. The Hall–Kier alpha value is -2.92. The minimum atomic E-state index is -0.731. The van der Waals surface area contributed by atoms with Crippen molar-refractivity contribution in [2.45, 2.75) is 26.3 Å². The predicted octanol–water partition coefficient (Wildman–Crippen LogP) is 2.22. The average molecular weight is 525 g/mol. The van der Waals surface area contributed by atoms with Gasteiger partial charge in [-0.3, -0.25) is 14.4 Å². The highest BCUT2D eigenvalue weighted by molar-refractivity contribution is 9.10. The standard InChI is InChI=1S/C21H25BrN4O5S/c1-12(2)19(25-18(28)9-14-5-4-6-32-14)21(29)26-24-10-13-7-15(22)20(16(8-13)30-3)31-11-17(23)27/h4-8,10,12,19H,9,11H2,1-3H3,(H2,23,27)(H,25,28)(H,26,29)/b24-10+/t19-/m1/s1. The van der Waals surface area contributed by atoms with Gasteiger partial charge in [-0.2, -0.15) is 5.10 Å². The summed E-state index contributed by atoms with van der Waals surface area (Å²) in [6.45, 7) is 3.38. The van der Waals surface area contributed by atoms with Crippen LogP contribution >= 0.6 is 27.3 Å². The number of carbonyl (C=O) groups excluding carboxylic acids is 3. The van der Waals surface area contributed by atoms with Gasteiger partial charge in [-0.25, -0.2) is 5.43 Å². The number of hydrazone groups is 1. The zero-order valence-corrected chi connectivity index (χ0v) is 20.3. The van der Waals surface area contributed by atoms with Crippen LogP contribution in [-0.4, -0.2) is 43.7 Å². The largest absolute Gasteiger partial charge is 0.493 e. The van der Waals surface area contributed by atoms with Gasteiger partial charge in [0, 0.05) is 4.88 Å². The van der Waals surface area contributed by atoms with E-state index >= 15 is 0 Å². The van der Waals surface area contributed by atoms with Gasteiger partial charge < -0.3 is 20.5 Å². The average Bonchev–Trinajstić information content (AvgIpc) is 3.23. The van der Waals surface area contributed by atoms with Crippen LogP contribution in [0.15, 0.2) is 39.2 Å². The quantitative estimate of drug-likeness (QED) is 0.306. The number of nitrogens with one attached hydrogen (secondary N) is 2. The Balaban J connectivity index is 2.02. The summed E-state index contributed by atoms with van der Waals surface area (Å²) < 4.78 is 11.2. The maximum atomic E-state index is 12.6. The molecule has 1 aromatic heterocycles. The summed E-state index contributed by atoms with van der Waals surface area (Å²) in [6.07, 6.45) is 1.64. The summed E-state index contributed by atoms with van der Waals surface area (Å²) in [5.41, 5.74) is 8.17. The number of nitrogens with two attached hydrogens (primary N) is 1. The number of hydrogen-bond donors (Lipinski definition) is 3. The Labute approximate surface area is 198 Å². The number of hydrogen-bond acceptors (Lipinski definition) is 7. The Morgan fingerprint density at radius 2 is 2.06 bits per heavy atom. The van der Waals surface area contributed by atoms with Crippen molar-refractivity contribution >= 4 is 51.2 Å². The lowest BCUT2D eigenvalue weighted by Gasteiger charge is -2.20. The van der Waals surface area contributed by atoms with Gasteiger partial charge in [-0.1, -0.05) is 19.9 Å². The van der Waals surface area contributed by atoms with Crippen LogP contribution in [0.1, 0.15) is 24.3 Å². The van der Waals surface area contributed by atoms with Crippen molar-refractivity contribution in [3.63, 3.8) is 0 Å². The van der Waals surface area contributed by atoms with Crippen molar-refractivity contribution in [2.24, 2.45) is 16.8 Å². The van der Waals surface area contributed by atoms with Crippen molar-refractivity contribution in [1.29, 1.82) is 0 Å². The van der Waals surface area contributed by atoms with E-state index in [0.717, 1.165) is 4.88 Å². The maximum Gasteiger partial charge on any atom is 0.262 e. The third-order valence-electron chi connectivity index (χ3n) is 4.18. The third kappa shape index (κ3) is 7.65. The van der Waals surface area contributed by atoms with Gasteiger partial charge in [0.25, 0.3) is 11.8 Å². The predicted molar refractivity (Wildman–Crippen MR) is 126 cm³/mol. The topological polar surface area (TPSA) is 132 Å². The molecule has 172 valence electrons. The molecule has 4 N–H and O–H groups in total. The van der Waals surface area contributed by atoms with Crippen LogP contribution in [0.2, 0.25) is 0 Å². The van der Waals surface area contributed by atoms with E-state index in [2.05, 4.69) is 31.8 Å². The molecule has 0 fully saturated rings. The fraction of sp³-hybridized carbons (Fsp3) is 0.333. The number of ether oxygens (including phenoxy) is 2. The van der Waals surface area contributed by atoms with E-state index in [1.165, 1.54) is 24.7 Å². The van der Waals surface area contributed by atoms with Crippen LogP contribution in [0.3, 0.4) is 0 Å². The van der Waals surface area contributed by atoms with Crippen LogP contribution in [0, 0.1) is 5.92 Å². The van der Waals surface area contributed by atoms with Crippen molar-refractivity contribution in [1.82, 2.24) is 10.7 Å². The van der Waals surface area contributed by atoms with E-state index in [1.54, 1.807) is 12.1 Å². The van der Waals surface area contributed by atoms with Crippen LogP contribution in [0.5, 0.6) is 11.5 Å². The zero-order valence-electron chi connectivity index (χ0n) is 17.9. The lowest BCUT2D eigenvalue weighted by Crippen LogP contribution is -2.49. The van der Waals surface area contributed by atoms with Crippen LogP contribution in [-0.2, 0) is 20.8 Å².